The van der Waals surface area contributed by atoms with Crippen LogP contribution in [0.3, 0.4) is 0 Å². The molecule has 0 atom stereocenters. The van der Waals surface area contributed by atoms with Gasteiger partial charge in [-0.25, -0.2) is 5.84 Å². The van der Waals surface area contributed by atoms with Gasteiger partial charge in [-0.05, 0) is 12.5 Å². The molecule has 0 aromatic heterocycles. The summed E-state index contributed by atoms with van der Waals surface area (Å²) in [6, 6.07) is 8.13. The Morgan fingerprint density at radius 2 is 1.80 bits per heavy atom. The third kappa shape index (κ3) is 5.02. The normalized spacial score (nSPS) is 10.3. The molecule has 1 aromatic carbocycles. The minimum atomic E-state index is 0.573. The molecule has 0 spiro atoms. The van der Waals surface area contributed by atoms with E-state index in [0.717, 1.165) is 5.56 Å². The molecular weight excluding hydrogens is 188 g/mol. The molecule has 15 heavy (non-hydrogen) atoms. The second kappa shape index (κ2) is 7.82. The summed E-state index contributed by atoms with van der Waals surface area (Å²) >= 11 is 0. The topological polar surface area (TPSA) is 76.4 Å². The summed E-state index contributed by atoms with van der Waals surface area (Å²) in [5, 5.41) is 3.50. The highest BCUT2D eigenvalue weighted by Gasteiger charge is 1.97. The van der Waals surface area contributed by atoms with Crippen LogP contribution >= 0.6 is 0 Å². The fraction of sp³-hybridized carbons (Fsp3) is 0.364. The van der Waals surface area contributed by atoms with Crippen molar-refractivity contribution in [1.29, 1.82) is 0 Å². The van der Waals surface area contributed by atoms with Crippen molar-refractivity contribution < 1.29 is 0 Å². The Bertz CT molecular complexity index is 290. The van der Waals surface area contributed by atoms with Gasteiger partial charge in [0.15, 0.2) is 0 Å². The maximum absolute atomic E-state index is 5.20. The molecule has 84 valence electrons. The first-order valence-electron chi connectivity index (χ1n) is 5.05. The van der Waals surface area contributed by atoms with Gasteiger partial charge in [-0.2, -0.15) is 5.10 Å². The Morgan fingerprint density at radius 3 is 2.20 bits per heavy atom. The summed E-state index contributed by atoms with van der Waals surface area (Å²) in [5.41, 5.74) is 4.80. The molecule has 0 unspecified atom stereocenters. The summed E-state index contributed by atoms with van der Waals surface area (Å²) in [6.07, 6.45) is 0.632. The van der Waals surface area contributed by atoms with E-state index in [0.29, 0.717) is 12.3 Å². The Kier molecular flexibility index (Phi) is 7.01. The van der Waals surface area contributed by atoms with E-state index in [-0.39, 0.29) is 0 Å². The number of hydrogen-bond acceptors (Lipinski definition) is 3. The first-order valence-corrected chi connectivity index (χ1v) is 5.05. The number of aryl methyl sites for hydroxylation is 1. The zero-order valence-corrected chi connectivity index (χ0v) is 9.62. The fourth-order valence-electron chi connectivity index (χ4n) is 1.03. The number of nitrogens with one attached hydrogen (secondary N) is 1. The van der Waals surface area contributed by atoms with Crippen molar-refractivity contribution in [3.63, 3.8) is 0 Å². The molecule has 0 heterocycles. The zero-order valence-electron chi connectivity index (χ0n) is 9.62. The van der Waals surface area contributed by atoms with E-state index in [2.05, 4.69) is 10.5 Å². The van der Waals surface area contributed by atoms with Crippen LogP contribution in [0.25, 0.3) is 0 Å². The van der Waals surface area contributed by atoms with E-state index in [1.807, 2.05) is 45.0 Å². The minimum Gasteiger partial charge on any atom is -0.322 e. The van der Waals surface area contributed by atoms with Gasteiger partial charge in [-0.15, -0.1) is 0 Å². The minimum absolute atomic E-state index is 0.573. The van der Waals surface area contributed by atoms with Crippen molar-refractivity contribution in [2.75, 3.05) is 0 Å². The van der Waals surface area contributed by atoms with Gasteiger partial charge in [0.25, 0.3) is 0 Å². The lowest BCUT2D eigenvalue weighted by atomic mass is 10.1. The summed E-state index contributed by atoms with van der Waals surface area (Å²) < 4.78 is 0. The second-order valence-corrected chi connectivity index (χ2v) is 2.88. The van der Waals surface area contributed by atoms with Crippen LogP contribution in [-0.4, -0.2) is 5.84 Å². The summed E-state index contributed by atoms with van der Waals surface area (Å²) in [5.74, 6) is 10.9. The standard InChI is InChI=1S/C9H14N4.C2H6/c1-7-2-4-8(5-3-7)6-9(12-10)13-11;1-2/h2-5H,6,10-11H2,1H3,(H,12,13);1-2H3. The third-order valence-corrected chi connectivity index (χ3v) is 1.81. The average molecular weight is 208 g/mol. The Hall–Kier alpha value is -1.55. The molecule has 0 aliphatic heterocycles. The van der Waals surface area contributed by atoms with Crippen LogP contribution in [0.5, 0.6) is 0 Å². The van der Waals surface area contributed by atoms with Crippen molar-refractivity contribution >= 4 is 5.84 Å². The number of hydrogen-bond donors (Lipinski definition) is 3. The molecule has 0 fully saturated rings. The molecule has 0 saturated heterocycles. The molecule has 0 radical (unpaired) electrons. The Morgan fingerprint density at radius 1 is 1.27 bits per heavy atom. The highest BCUT2D eigenvalue weighted by Crippen LogP contribution is 2.03. The third-order valence-electron chi connectivity index (χ3n) is 1.81. The van der Waals surface area contributed by atoms with Crippen molar-refractivity contribution in [3.8, 4) is 0 Å². The van der Waals surface area contributed by atoms with Crippen molar-refractivity contribution in [1.82, 2.24) is 5.43 Å². The number of nitrogens with zero attached hydrogens (tertiary/aromatic N) is 1. The predicted octanol–water partition coefficient (Wildman–Crippen LogP) is 1.30. The van der Waals surface area contributed by atoms with Gasteiger partial charge in [0, 0.05) is 6.42 Å². The Labute approximate surface area is 91.3 Å². The molecule has 4 heteroatoms. The number of nitrogens with two attached hydrogens (primary N) is 2. The molecule has 0 aliphatic rings. The van der Waals surface area contributed by atoms with E-state index in [4.69, 9.17) is 11.7 Å². The van der Waals surface area contributed by atoms with Gasteiger partial charge in [-0.3, -0.25) is 0 Å². The smallest absolute Gasteiger partial charge is 0.140 e. The molecule has 0 aliphatic carbocycles. The molecular formula is C11H20N4. The van der Waals surface area contributed by atoms with E-state index < -0.39 is 0 Å². The SMILES string of the molecule is CC.Cc1ccc(C/C(=N/N)NN)cc1. The van der Waals surface area contributed by atoms with Gasteiger partial charge in [-0.1, -0.05) is 43.7 Å². The number of hydrazine groups is 1. The molecule has 0 amide bonds. The van der Waals surface area contributed by atoms with Crippen molar-refractivity contribution in [2.24, 2.45) is 16.8 Å². The van der Waals surface area contributed by atoms with Crippen LogP contribution in [0.4, 0.5) is 0 Å². The number of amidine groups is 1. The van der Waals surface area contributed by atoms with Crippen LogP contribution < -0.4 is 17.1 Å². The van der Waals surface area contributed by atoms with Crippen LogP contribution in [-0.2, 0) is 6.42 Å². The maximum atomic E-state index is 5.20. The predicted molar refractivity (Wildman–Crippen MR) is 65.2 cm³/mol. The highest BCUT2D eigenvalue weighted by atomic mass is 15.3. The van der Waals surface area contributed by atoms with Crippen LogP contribution in [0.2, 0.25) is 0 Å². The second-order valence-electron chi connectivity index (χ2n) is 2.88. The summed E-state index contributed by atoms with van der Waals surface area (Å²) in [7, 11) is 0. The number of rotatable bonds is 2. The van der Waals surface area contributed by atoms with Gasteiger partial charge in [0.1, 0.15) is 5.84 Å². The largest absolute Gasteiger partial charge is 0.322 e. The van der Waals surface area contributed by atoms with Crippen LogP contribution in [0, 0.1) is 6.92 Å². The van der Waals surface area contributed by atoms with E-state index >= 15 is 0 Å². The Balaban J connectivity index is 0.000000921. The summed E-state index contributed by atoms with van der Waals surface area (Å²) in [4.78, 5) is 0. The molecule has 1 rings (SSSR count). The molecule has 0 bridgehead atoms. The molecule has 4 nitrogen and oxygen atoms in total. The quantitative estimate of drug-likeness (QED) is 0.297. The first-order chi connectivity index (χ1) is 7.26. The fourth-order valence-corrected chi connectivity index (χ4v) is 1.03. The number of hydrazone groups is 1. The van der Waals surface area contributed by atoms with Gasteiger partial charge < -0.3 is 11.3 Å². The molecule has 5 N–H and O–H groups in total. The van der Waals surface area contributed by atoms with E-state index in [9.17, 15) is 0 Å². The maximum Gasteiger partial charge on any atom is 0.140 e. The van der Waals surface area contributed by atoms with E-state index in [1.165, 1.54) is 5.56 Å². The summed E-state index contributed by atoms with van der Waals surface area (Å²) in [6.45, 7) is 6.04. The molecule has 0 saturated carbocycles. The van der Waals surface area contributed by atoms with Gasteiger partial charge >= 0.3 is 0 Å². The monoisotopic (exact) mass is 208 g/mol. The van der Waals surface area contributed by atoms with Gasteiger partial charge in [0.05, 0.1) is 0 Å². The lowest BCUT2D eigenvalue weighted by molar-refractivity contribution is 0.967. The molecule has 1 aromatic rings. The van der Waals surface area contributed by atoms with Crippen LogP contribution in [0.1, 0.15) is 25.0 Å². The lowest BCUT2D eigenvalue weighted by Crippen LogP contribution is -2.32. The first kappa shape index (κ1) is 13.4. The lowest BCUT2D eigenvalue weighted by Gasteiger charge is -2.03. The van der Waals surface area contributed by atoms with Crippen LogP contribution in [0.15, 0.2) is 29.4 Å². The highest BCUT2D eigenvalue weighted by molar-refractivity contribution is 5.83. The number of benzene rings is 1. The zero-order chi connectivity index (χ0) is 11.7. The van der Waals surface area contributed by atoms with Crippen molar-refractivity contribution in [2.45, 2.75) is 27.2 Å². The van der Waals surface area contributed by atoms with E-state index in [1.54, 1.807) is 0 Å². The average Bonchev–Trinajstić information content (AvgIpc) is 2.31. The van der Waals surface area contributed by atoms with Crippen molar-refractivity contribution in [3.05, 3.63) is 35.4 Å². The van der Waals surface area contributed by atoms with Gasteiger partial charge in [0.2, 0.25) is 0 Å².